The number of nitrogens with zero attached hydrogens (tertiary/aromatic N) is 1. The van der Waals surface area contributed by atoms with Gasteiger partial charge in [0.25, 0.3) is 0 Å². The van der Waals surface area contributed by atoms with Gasteiger partial charge in [0.1, 0.15) is 22.9 Å². The minimum absolute atomic E-state index is 0.0255. The lowest BCUT2D eigenvalue weighted by Gasteiger charge is -2.06. The number of phenols is 1. The highest BCUT2D eigenvalue weighted by atomic mass is 32.1. The highest BCUT2D eigenvalue weighted by molar-refractivity contribution is 7.09. The summed E-state index contributed by atoms with van der Waals surface area (Å²) in [5.41, 5.74) is 3.14. The molecule has 0 aliphatic heterocycles. The number of aromatic nitrogens is 1. The zero-order chi connectivity index (χ0) is 20.1. The zero-order valence-electron chi connectivity index (χ0n) is 15.6. The minimum Gasteiger partial charge on any atom is -0.507 e. The number of esters is 1. The minimum atomic E-state index is -0.618. The van der Waals surface area contributed by atoms with Gasteiger partial charge >= 0.3 is 5.97 Å². The van der Waals surface area contributed by atoms with Crippen LogP contribution in [0.1, 0.15) is 32.2 Å². The van der Waals surface area contributed by atoms with E-state index in [-0.39, 0.29) is 30.2 Å². The topological polar surface area (TPSA) is 88.5 Å². The van der Waals surface area contributed by atoms with Crippen molar-refractivity contribution in [3.05, 3.63) is 75.2 Å². The number of aromatic hydroxyl groups is 1. The van der Waals surface area contributed by atoms with Gasteiger partial charge in [-0.15, -0.1) is 11.3 Å². The van der Waals surface area contributed by atoms with Crippen LogP contribution in [0.3, 0.4) is 0 Å². The van der Waals surface area contributed by atoms with Crippen LogP contribution in [0.4, 0.5) is 5.69 Å². The number of amides is 1. The van der Waals surface area contributed by atoms with Crippen LogP contribution >= 0.6 is 11.3 Å². The Morgan fingerprint density at radius 2 is 1.89 bits per heavy atom. The lowest BCUT2D eigenvalue weighted by atomic mass is 10.1. The van der Waals surface area contributed by atoms with Gasteiger partial charge in [0, 0.05) is 11.1 Å². The molecule has 144 valence electrons. The zero-order valence-corrected chi connectivity index (χ0v) is 16.4. The Kier molecular flexibility index (Phi) is 6.06. The van der Waals surface area contributed by atoms with Crippen LogP contribution in [-0.4, -0.2) is 22.0 Å². The Bertz CT molecular complexity index is 996. The molecule has 7 heteroatoms. The summed E-state index contributed by atoms with van der Waals surface area (Å²) in [7, 11) is 0. The summed E-state index contributed by atoms with van der Waals surface area (Å²) >= 11 is 1.33. The van der Waals surface area contributed by atoms with Crippen molar-refractivity contribution in [2.24, 2.45) is 0 Å². The molecule has 28 heavy (non-hydrogen) atoms. The van der Waals surface area contributed by atoms with Crippen molar-refractivity contribution in [1.82, 2.24) is 4.98 Å². The number of rotatable bonds is 6. The molecule has 2 N–H and O–H groups in total. The molecule has 0 radical (unpaired) electrons. The fraction of sp³-hybridized carbons (Fsp3) is 0.190. The standard InChI is InChI=1S/C21H20N2O4S/c1-13-6-8-15(9-7-13)22-18(24)10-19-23-16(12-28-19)11-27-21(26)17-5-3-4-14(2)20(17)25/h3-9,12,25H,10-11H2,1-2H3,(H,22,24). The van der Waals surface area contributed by atoms with E-state index < -0.39 is 5.97 Å². The van der Waals surface area contributed by atoms with Gasteiger partial charge < -0.3 is 15.2 Å². The molecular weight excluding hydrogens is 376 g/mol. The first-order valence-electron chi connectivity index (χ1n) is 8.68. The number of hydrogen-bond acceptors (Lipinski definition) is 6. The molecule has 0 unspecified atom stereocenters. The summed E-state index contributed by atoms with van der Waals surface area (Å²) in [6.45, 7) is 3.67. The van der Waals surface area contributed by atoms with Gasteiger partial charge in [-0.1, -0.05) is 29.8 Å². The predicted octanol–water partition coefficient (Wildman–Crippen LogP) is 4.00. The van der Waals surface area contributed by atoms with Crippen molar-refractivity contribution >= 4 is 28.9 Å². The highest BCUT2D eigenvalue weighted by Crippen LogP contribution is 2.22. The fourth-order valence-corrected chi connectivity index (χ4v) is 3.29. The third kappa shape index (κ3) is 4.95. The van der Waals surface area contributed by atoms with Crippen LogP contribution in [0.5, 0.6) is 5.75 Å². The van der Waals surface area contributed by atoms with E-state index in [1.165, 1.54) is 17.4 Å². The average Bonchev–Trinajstić information content (AvgIpc) is 3.11. The molecule has 0 spiro atoms. The van der Waals surface area contributed by atoms with Gasteiger partial charge in [0.2, 0.25) is 5.91 Å². The van der Waals surface area contributed by atoms with Crippen molar-refractivity contribution in [2.75, 3.05) is 5.32 Å². The Labute approximate surface area is 166 Å². The number of ether oxygens (including phenoxy) is 1. The average molecular weight is 396 g/mol. The van der Waals surface area contributed by atoms with Crippen molar-refractivity contribution in [3.8, 4) is 5.75 Å². The quantitative estimate of drug-likeness (QED) is 0.615. The predicted molar refractivity (Wildman–Crippen MR) is 108 cm³/mol. The van der Waals surface area contributed by atoms with Crippen molar-refractivity contribution < 1.29 is 19.4 Å². The van der Waals surface area contributed by atoms with E-state index in [1.807, 2.05) is 31.2 Å². The lowest BCUT2D eigenvalue weighted by Crippen LogP contribution is -2.14. The maximum absolute atomic E-state index is 12.1. The summed E-state index contributed by atoms with van der Waals surface area (Å²) in [5, 5.41) is 15.2. The van der Waals surface area contributed by atoms with Crippen molar-refractivity contribution in [3.63, 3.8) is 0 Å². The lowest BCUT2D eigenvalue weighted by molar-refractivity contribution is -0.115. The van der Waals surface area contributed by atoms with E-state index in [0.717, 1.165) is 11.3 Å². The Morgan fingerprint density at radius 3 is 2.64 bits per heavy atom. The smallest absolute Gasteiger partial charge is 0.342 e. The number of hydrogen-bond donors (Lipinski definition) is 2. The van der Waals surface area contributed by atoms with Crippen LogP contribution in [0.25, 0.3) is 0 Å². The van der Waals surface area contributed by atoms with Crippen molar-refractivity contribution in [1.29, 1.82) is 0 Å². The second-order valence-corrected chi connectivity index (χ2v) is 7.31. The van der Waals surface area contributed by atoms with Gasteiger partial charge in [0.15, 0.2) is 0 Å². The molecule has 0 atom stereocenters. The molecule has 3 aromatic rings. The normalized spacial score (nSPS) is 10.5. The number of benzene rings is 2. The molecule has 6 nitrogen and oxygen atoms in total. The molecular formula is C21H20N2O4S. The molecule has 0 aliphatic rings. The van der Waals surface area contributed by atoms with Crippen LogP contribution in [0.15, 0.2) is 47.8 Å². The second kappa shape index (κ2) is 8.67. The number of thiazole rings is 1. The first-order chi connectivity index (χ1) is 13.4. The number of carbonyl (C=O) groups is 2. The summed E-state index contributed by atoms with van der Waals surface area (Å²) in [4.78, 5) is 28.6. The van der Waals surface area contributed by atoms with Crippen LogP contribution in [-0.2, 0) is 22.6 Å². The molecule has 1 heterocycles. The summed E-state index contributed by atoms with van der Waals surface area (Å²) < 4.78 is 5.22. The Balaban J connectivity index is 1.53. The molecule has 1 amide bonds. The summed E-state index contributed by atoms with van der Waals surface area (Å²) in [6.07, 6.45) is 0.144. The number of carbonyl (C=O) groups excluding carboxylic acids is 2. The van der Waals surface area contributed by atoms with Gasteiger partial charge in [-0.3, -0.25) is 4.79 Å². The second-order valence-electron chi connectivity index (χ2n) is 6.37. The first-order valence-corrected chi connectivity index (χ1v) is 9.56. The number of anilines is 1. The molecule has 1 aromatic heterocycles. The van der Waals surface area contributed by atoms with E-state index in [1.54, 1.807) is 24.4 Å². The maximum Gasteiger partial charge on any atom is 0.342 e. The summed E-state index contributed by atoms with van der Waals surface area (Å²) in [5.74, 6) is -0.862. The highest BCUT2D eigenvalue weighted by Gasteiger charge is 2.15. The Hall–Kier alpha value is -3.19. The van der Waals surface area contributed by atoms with E-state index in [2.05, 4.69) is 10.3 Å². The first kappa shape index (κ1) is 19.6. The number of para-hydroxylation sites is 1. The monoisotopic (exact) mass is 396 g/mol. The summed E-state index contributed by atoms with van der Waals surface area (Å²) in [6, 6.07) is 12.4. The maximum atomic E-state index is 12.1. The van der Waals surface area contributed by atoms with Gasteiger partial charge in [-0.05, 0) is 37.6 Å². The third-order valence-corrected chi connectivity index (χ3v) is 4.95. The largest absolute Gasteiger partial charge is 0.507 e. The van der Waals surface area contributed by atoms with Gasteiger partial charge in [0.05, 0.1) is 12.1 Å². The Morgan fingerprint density at radius 1 is 1.14 bits per heavy atom. The van der Waals surface area contributed by atoms with Crippen LogP contribution in [0, 0.1) is 13.8 Å². The number of phenolic OH excluding ortho intramolecular Hbond substituents is 1. The van der Waals surface area contributed by atoms with Crippen LogP contribution < -0.4 is 5.32 Å². The molecule has 0 bridgehead atoms. The SMILES string of the molecule is Cc1ccc(NC(=O)Cc2nc(COC(=O)c3cccc(C)c3O)cs2)cc1. The molecule has 0 aliphatic carbocycles. The van der Waals surface area contributed by atoms with Gasteiger partial charge in [-0.25, -0.2) is 9.78 Å². The van der Waals surface area contributed by atoms with E-state index in [4.69, 9.17) is 4.74 Å². The molecule has 3 rings (SSSR count). The molecule has 0 fully saturated rings. The molecule has 0 saturated carbocycles. The number of nitrogens with one attached hydrogen (secondary N) is 1. The third-order valence-electron chi connectivity index (χ3n) is 4.06. The van der Waals surface area contributed by atoms with E-state index >= 15 is 0 Å². The number of aryl methyl sites for hydroxylation is 2. The fourth-order valence-electron chi connectivity index (χ4n) is 2.52. The van der Waals surface area contributed by atoms with E-state index in [0.29, 0.717) is 16.3 Å². The van der Waals surface area contributed by atoms with Crippen LogP contribution in [0.2, 0.25) is 0 Å². The molecule has 2 aromatic carbocycles. The van der Waals surface area contributed by atoms with Gasteiger partial charge in [-0.2, -0.15) is 0 Å². The molecule has 0 saturated heterocycles. The van der Waals surface area contributed by atoms with Crippen molar-refractivity contribution in [2.45, 2.75) is 26.9 Å². The van der Waals surface area contributed by atoms with E-state index in [9.17, 15) is 14.7 Å².